The first-order valence-corrected chi connectivity index (χ1v) is 14.1. The number of hydrazine groups is 2. The molecule has 0 saturated heterocycles. The van der Waals surface area contributed by atoms with Crippen LogP contribution in [0, 0.1) is 11.7 Å². The largest absolute Gasteiger partial charge is 0.376 e. The number of thiophene rings is 1. The van der Waals surface area contributed by atoms with Gasteiger partial charge < -0.3 is 9.72 Å². The fraction of sp³-hybridized carbons (Fsp3) is 0.321. The van der Waals surface area contributed by atoms with Crippen molar-refractivity contribution < 1.29 is 13.8 Å². The summed E-state index contributed by atoms with van der Waals surface area (Å²) in [5.41, 5.74) is 10.3. The lowest BCUT2D eigenvalue weighted by Crippen LogP contribution is -2.32. The number of hydrogen-bond donors (Lipinski definition) is 4. The number of halogens is 2. The molecule has 2 unspecified atom stereocenters. The first kappa shape index (κ1) is 27.3. The number of hydrogen-bond acceptors (Lipinski definition) is 6. The Kier molecular flexibility index (Phi) is 8.27. The number of aromatic nitrogens is 3. The number of H-pyrrole nitrogens is 1. The fourth-order valence-corrected chi connectivity index (χ4v) is 5.72. The molecule has 1 aliphatic carbocycles. The van der Waals surface area contributed by atoms with Gasteiger partial charge in [-0.15, -0.1) is 16.0 Å². The van der Waals surface area contributed by atoms with Gasteiger partial charge in [0.2, 0.25) is 0 Å². The summed E-state index contributed by atoms with van der Waals surface area (Å²) in [5, 5.41) is 2.42. The Morgan fingerprint density at radius 3 is 2.77 bits per heavy atom. The predicted octanol–water partition coefficient (Wildman–Crippen LogP) is 5.90. The smallest absolute Gasteiger partial charge is 0.278 e. The van der Waals surface area contributed by atoms with Crippen molar-refractivity contribution in [3.05, 3.63) is 75.3 Å². The molecule has 4 aromatic rings. The maximum Gasteiger partial charge on any atom is 0.278 e. The standard InChI is InChI=1S/C28H31ClFN7OS/c1-16(38-3)27-26(30)22(14-39-27)24-13-34-28(36-24)21(10-17-4-5-17)23-8-6-18(12-33-23)20-11-19(29)7-9-25(20)37(31)15-35-32-2/h6-9,11-17,21,32H,4-5,10,31H2,1-3H3,(H,34,36)/p+1. The normalized spacial score (nSPS) is 15.4. The van der Waals surface area contributed by atoms with Gasteiger partial charge in [-0.2, -0.15) is 5.43 Å². The zero-order chi connectivity index (χ0) is 27.5. The second-order valence-electron chi connectivity index (χ2n) is 9.68. The number of hydrazone groups is 1. The molecular formula is C28H32ClFN7OS+. The van der Waals surface area contributed by atoms with Crippen molar-refractivity contribution in [2.75, 3.05) is 14.2 Å². The summed E-state index contributed by atoms with van der Waals surface area (Å²) in [6, 6.07) is 9.58. The van der Waals surface area contributed by atoms with Crippen LogP contribution in [0.3, 0.4) is 0 Å². The molecule has 2 atom stereocenters. The molecule has 204 valence electrons. The highest BCUT2D eigenvalue weighted by Crippen LogP contribution is 2.42. The molecule has 0 amide bonds. The molecule has 3 aromatic heterocycles. The van der Waals surface area contributed by atoms with Crippen molar-refractivity contribution in [3.8, 4) is 22.4 Å². The van der Waals surface area contributed by atoms with Gasteiger partial charge in [-0.3, -0.25) is 10.8 Å². The van der Waals surface area contributed by atoms with E-state index in [1.54, 1.807) is 32.8 Å². The Bertz CT molecular complexity index is 1470. The number of rotatable bonds is 11. The van der Waals surface area contributed by atoms with Crippen molar-refractivity contribution in [3.63, 3.8) is 0 Å². The zero-order valence-corrected chi connectivity index (χ0v) is 23.6. The van der Waals surface area contributed by atoms with E-state index in [9.17, 15) is 0 Å². The first-order chi connectivity index (χ1) is 18.9. The summed E-state index contributed by atoms with van der Waals surface area (Å²) >= 11 is 7.68. The molecule has 0 spiro atoms. The van der Waals surface area contributed by atoms with Crippen LogP contribution in [-0.4, -0.2) is 40.1 Å². The first-order valence-electron chi connectivity index (χ1n) is 12.8. The van der Waals surface area contributed by atoms with Gasteiger partial charge >= 0.3 is 0 Å². The second-order valence-corrected chi connectivity index (χ2v) is 11.0. The highest BCUT2D eigenvalue weighted by Gasteiger charge is 2.30. The Morgan fingerprint density at radius 2 is 2.08 bits per heavy atom. The summed E-state index contributed by atoms with van der Waals surface area (Å²) < 4.78 is 21.9. The summed E-state index contributed by atoms with van der Waals surface area (Å²) in [5.74, 6) is 7.37. The number of nitrogens with one attached hydrogen (secondary N) is 3. The van der Waals surface area contributed by atoms with E-state index in [4.69, 9.17) is 27.2 Å². The molecule has 1 fully saturated rings. The van der Waals surface area contributed by atoms with Crippen LogP contribution >= 0.6 is 22.9 Å². The van der Waals surface area contributed by atoms with Crippen molar-refractivity contribution in [2.45, 2.75) is 38.2 Å². The van der Waals surface area contributed by atoms with Crippen molar-refractivity contribution in [1.29, 1.82) is 0 Å². The molecule has 11 heteroatoms. The quantitative estimate of drug-likeness (QED) is 0.0590. The van der Waals surface area contributed by atoms with E-state index in [-0.39, 0.29) is 17.8 Å². The maximum atomic E-state index is 15.1. The van der Waals surface area contributed by atoms with Crippen LogP contribution in [0.1, 0.15) is 54.6 Å². The molecule has 1 saturated carbocycles. The van der Waals surface area contributed by atoms with E-state index in [2.05, 4.69) is 20.8 Å². The van der Waals surface area contributed by atoms with E-state index < -0.39 is 0 Å². The average Bonchev–Trinajstić information content (AvgIpc) is 3.51. The summed E-state index contributed by atoms with van der Waals surface area (Å²) in [6.45, 7) is 1.84. The molecule has 5 rings (SSSR count). The minimum absolute atomic E-state index is 0.0302. The number of pyridine rings is 1. The average molecular weight is 569 g/mol. The van der Waals surface area contributed by atoms with E-state index in [0.29, 0.717) is 27.1 Å². The number of ether oxygens (including phenoxy) is 1. The third-order valence-corrected chi connectivity index (χ3v) is 8.35. The molecule has 1 aromatic carbocycles. The van der Waals surface area contributed by atoms with Crippen LogP contribution in [0.5, 0.6) is 0 Å². The molecule has 1 aliphatic rings. The number of methoxy groups -OCH3 is 1. The molecule has 3 heterocycles. The van der Waals surface area contributed by atoms with E-state index in [1.165, 1.54) is 28.9 Å². The Hall–Kier alpha value is -3.31. The Labute approximate surface area is 236 Å². The van der Waals surface area contributed by atoms with Crippen LogP contribution in [-0.2, 0) is 4.74 Å². The monoisotopic (exact) mass is 568 g/mol. The maximum absolute atomic E-state index is 15.1. The van der Waals surface area contributed by atoms with Crippen LogP contribution in [0.15, 0.2) is 48.1 Å². The van der Waals surface area contributed by atoms with Crippen molar-refractivity contribution in [1.82, 2.24) is 25.8 Å². The third kappa shape index (κ3) is 5.99. The minimum atomic E-state index is -0.305. The fourth-order valence-electron chi connectivity index (χ4n) is 4.57. The molecule has 0 aliphatic heterocycles. The lowest BCUT2D eigenvalue weighted by atomic mass is 9.95. The van der Waals surface area contributed by atoms with Crippen molar-refractivity contribution >= 4 is 35.0 Å². The van der Waals surface area contributed by atoms with Crippen LogP contribution in [0.25, 0.3) is 22.4 Å². The van der Waals surface area contributed by atoms with E-state index >= 15 is 4.39 Å². The number of imidazole rings is 1. The van der Waals surface area contributed by atoms with E-state index in [0.717, 1.165) is 34.8 Å². The van der Waals surface area contributed by atoms with Gasteiger partial charge in [-0.1, -0.05) is 30.5 Å². The number of nitrogens with zero attached hydrogens (tertiary/aromatic N) is 3. The van der Waals surface area contributed by atoms with Gasteiger partial charge in [0, 0.05) is 47.4 Å². The molecular weight excluding hydrogens is 537 g/mol. The summed E-state index contributed by atoms with van der Waals surface area (Å²) in [4.78, 5) is 13.5. The number of aromatic amines is 1. The highest BCUT2D eigenvalue weighted by atomic mass is 35.5. The SMILES string of the molecule is CNNC=[N+](N)c1ccc(Cl)cc1-c1ccc(C(CC2CC2)c2ncc(-c3csc(C(C)OC)c3F)[nH]2)nc1. The van der Waals surface area contributed by atoms with Gasteiger partial charge in [-0.05, 0) is 43.5 Å². The van der Waals surface area contributed by atoms with Gasteiger partial charge in [0.25, 0.3) is 6.34 Å². The lowest BCUT2D eigenvalue weighted by molar-refractivity contribution is -0.448. The van der Waals surface area contributed by atoms with Crippen molar-refractivity contribution in [2.24, 2.45) is 11.8 Å². The van der Waals surface area contributed by atoms with Crippen LogP contribution in [0.4, 0.5) is 10.1 Å². The van der Waals surface area contributed by atoms with Gasteiger partial charge in [0.1, 0.15) is 11.6 Å². The third-order valence-electron chi connectivity index (χ3n) is 7.00. The lowest BCUT2D eigenvalue weighted by Gasteiger charge is -2.15. The Balaban J connectivity index is 1.45. The summed E-state index contributed by atoms with van der Waals surface area (Å²) in [7, 11) is 3.34. The Morgan fingerprint density at radius 1 is 1.26 bits per heavy atom. The predicted molar refractivity (Wildman–Crippen MR) is 154 cm³/mol. The second kappa shape index (κ2) is 11.8. The van der Waals surface area contributed by atoms with Crippen LogP contribution in [0.2, 0.25) is 5.02 Å². The van der Waals surface area contributed by atoms with E-state index in [1.807, 2.05) is 42.8 Å². The highest BCUT2D eigenvalue weighted by molar-refractivity contribution is 7.10. The number of benzene rings is 1. The molecule has 8 nitrogen and oxygen atoms in total. The molecule has 0 bridgehead atoms. The molecule has 5 N–H and O–H groups in total. The topological polar surface area (TPSA) is 104 Å². The van der Waals surface area contributed by atoms with Gasteiger partial charge in [0.05, 0.1) is 34.5 Å². The summed E-state index contributed by atoms with van der Waals surface area (Å²) in [6.07, 6.45) is 8.19. The molecule has 39 heavy (non-hydrogen) atoms. The zero-order valence-electron chi connectivity index (χ0n) is 22.0. The van der Waals surface area contributed by atoms with Gasteiger partial charge in [0.15, 0.2) is 5.69 Å². The van der Waals surface area contributed by atoms with Crippen LogP contribution < -0.4 is 16.7 Å². The molecule has 0 radical (unpaired) electrons. The van der Waals surface area contributed by atoms with Gasteiger partial charge in [-0.25, -0.2) is 14.8 Å². The number of nitrogens with two attached hydrogens (primary N) is 1. The minimum Gasteiger partial charge on any atom is -0.376 e.